The topological polar surface area (TPSA) is 104 Å². The van der Waals surface area contributed by atoms with Crippen molar-refractivity contribution in [2.75, 3.05) is 42.1 Å². The quantitative estimate of drug-likeness (QED) is 0.215. The molecular weight excluding hydrogens is 598 g/mol. The summed E-state index contributed by atoms with van der Waals surface area (Å²) in [5.41, 5.74) is 2.61. The molecule has 5 rings (SSSR count). The molecule has 1 aliphatic heterocycles. The number of likely N-dealkylation sites (tertiary alicyclic amines) is 1. The van der Waals surface area contributed by atoms with Crippen molar-refractivity contribution >= 4 is 32.3 Å². The normalized spacial score (nSPS) is 15.1. The van der Waals surface area contributed by atoms with Crippen LogP contribution in [0.1, 0.15) is 52.5 Å². The number of piperidine rings is 1. The van der Waals surface area contributed by atoms with Gasteiger partial charge in [-0.15, -0.1) is 0 Å². The number of β-amino-alcohol motifs (C(OH)–C–C–N with tert-alkyl or cyclic N) is 1. The molecule has 1 fully saturated rings. The molecule has 0 bridgehead atoms. The molecule has 1 aliphatic rings. The Kier molecular flexibility index (Phi) is 9.48. The minimum Gasteiger partial charge on any atom is -0.389 e. The van der Waals surface area contributed by atoms with E-state index < -0.39 is 27.3 Å². The lowest BCUT2D eigenvalue weighted by atomic mass is 9.96. The van der Waals surface area contributed by atoms with E-state index in [4.69, 9.17) is 0 Å². The van der Waals surface area contributed by atoms with Crippen LogP contribution in [0.2, 0.25) is 0 Å². The van der Waals surface area contributed by atoms with Gasteiger partial charge in [-0.2, -0.15) is 0 Å². The SMILES string of the molecule is CCCS(=O)(=O)Nc1ccc(F)c(-n2cc(-c3cncnc3)c3c(CC)c(N(C)C4CCN(CC(C)(C)O)CC4)ccc32)c1F. The van der Waals surface area contributed by atoms with Gasteiger partial charge >= 0.3 is 0 Å². The lowest BCUT2D eigenvalue weighted by molar-refractivity contribution is 0.0283. The van der Waals surface area contributed by atoms with E-state index >= 15 is 8.78 Å². The number of rotatable bonds is 11. The first-order valence-corrected chi connectivity index (χ1v) is 17.1. The molecule has 9 nitrogen and oxygen atoms in total. The van der Waals surface area contributed by atoms with Crippen LogP contribution < -0.4 is 9.62 Å². The van der Waals surface area contributed by atoms with Crippen molar-refractivity contribution < 1.29 is 22.3 Å². The molecule has 1 saturated heterocycles. The number of aryl methyl sites for hydroxylation is 1. The van der Waals surface area contributed by atoms with Crippen LogP contribution in [0.3, 0.4) is 0 Å². The Morgan fingerprint density at radius 1 is 1.09 bits per heavy atom. The molecule has 2 aromatic carbocycles. The molecule has 4 aromatic rings. The van der Waals surface area contributed by atoms with E-state index in [1.165, 1.54) is 10.9 Å². The van der Waals surface area contributed by atoms with Gasteiger partial charge in [0, 0.05) is 73.5 Å². The van der Waals surface area contributed by atoms with Crippen molar-refractivity contribution in [2.24, 2.45) is 0 Å². The smallest absolute Gasteiger partial charge is 0.232 e. The molecular formula is C33H42F2N6O3S. The number of sulfonamides is 1. The highest BCUT2D eigenvalue weighted by atomic mass is 32.2. The maximum atomic E-state index is 16.1. The van der Waals surface area contributed by atoms with Crippen LogP contribution in [0.25, 0.3) is 27.7 Å². The second-order valence-electron chi connectivity index (χ2n) is 12.5. The summed E-state index contributed by atoms with van der Waals surface area (Å²) in [6, 6.07) is 6.32. The molecule has 0 atom stereocenters. The average Bonchev–Trinajstić information content (AvgIpc) is 3.37. The monoisotopic (exact) mass is 640 g/mol. The van der Waals surface area contributed by atoms with E-state index in [0.717, 1.165) is 54.7 Å². The summed E-state index contributed by atoms with van der Waals surface area (Å²) in [7, 11) is -1.72. The number of nitrogens with zero attached hydrogens (tertiary/aromatic N) is 5. The summed E-state index contributed by atoms with van der Waals surface area (Å²) >= 11 is 0. The van der Waals surface area contributed by atoms with Gasteiger partial charge in [0.05, 0.1) is 22.6 Å². The Balaban J connectivity index is 1.62. The molecule has 3 heterocycles. The lowest BCUT2D eigenvalue weighted by Gasteiger charge is -2.40. The molecule has 45 heavy (non-hydrogen) atoms. The van der Waals surface area contributed by atoms with Crippen LogP contribution in [-0.2, 0) is 16.4 Å². The third-order valence-electron chi connectivity index (χ3n) is 8.42. The van der Waals surface area contributed by atoms with Crippen LogP contribution in [0.4, 0.5) is 20.2 Å². The zero-order valence-electron chi connectivity index (χ0n) is 26.5. The fourth-order valence-corrected chi connectivity index (χ4v) is 7.59. The number of hydrogen-bond acceptors (Lipinski definition) is 7. The van der Waals surface area contributed by atoms with Gasteiger partial charge in [0.2, 0.25) is 10.0 Å². The van der Waals surface area contributed by atoms with Gasteiger partial charge in [0.25, 0.3) is 0 Å². The zero-order valence-corrected chi connectivity index (χ0v) is 27.3. The molecule has 0 aliphatic carbocycles. The predicted octanol–water partition coefficient (Wildman–Crippen LogP) is 5.75. The van der Waals surface area contributed by atoms with Gasteiger partial charge in [-0.1, -0.05) is 13.8 Å². The highest BCUT2D eigenvalue weighted by Crippen LogP contribution is 2.41. The third-order valence-corrected chi connectivity index (χ3v) is 9.90. The molecule has 0 radical (unpaired) electrons. The second kappa shape index (κ2) is 13.0. The number of aliphatic hydroxyl groups is 1. The molecule has 2 N–H and O–H groups in total. The van der Waals surface area contributed by atoms with Crippen molar-refractivity contribution in [1.29, 1.82) is 0 Å². The molecule has 12 heteroatoms. The summed E-state index contributed by atoms with van der Waals surface area (Å²) in [5, 5.41) is 11.1. The first-order valence-electron chi connectivity index (χ1n) is 15.4. The van der Waals surface area contributed by atoms with E-state index in [1.54, 1.807) is 25.5 Å². The van der Waals surface area contributed by atoms with Crippen molar-refractivity contribution in [2.45, 2.75) is 65.0 Å². The molecule has 0 amide bonds. The lowest BCUT2D eigenvalue weighted by Crippen LogP contribution is -2.47. The maximum Gasteiger partial charge on any atom is 0.232 e. The minimum atomic E-state index is -3.81. The molecule has 0 saturated carbocycles. The first kappa shape index (κ1) is 32.8. The van der Waals surface area contributed by atoms with Gasteiger partial charge in [-0.05, 0) is 69.4 Å². The Hall–Kier alpha value is -3.61. The Labute approximate surface area is 264 Å². The van der Waals surface area contributed by atoms with E-state index in [2.05, 4.69) is 38.5 Å². The highest BCUT2D eigenvalue weighted by molar-refractivity contribution is 7.92. The van der Waals surface area contributed by atoms with Gasteiger partial charge < -0.3 is 19.5 Å². The predicted molar refractivity (Wildman–Crippen MR) is 175 cm³/mol. The van der Waals surface area contributed by atoms with Gasteiger partial charge in [-0.3, -0.25) is 4.72 Å². The number of anilines is 2. The van der Waals surface area contributed by atoms with Crippen LogP contribution in [-0.4, -0.2) is 77.0 Å². The van der Waals surface area contributed by atoms with E-state index in [0.29, 0.717) is 36.0 Å². The number of benzene rings is 2. The molecule has 0 spiro atoms. The average molecular weight is 641 g/mol. The summed E-state index contributed by atoms with van der Waals surface area (Å²) in [4.78, 5) is 13.0. The van der Waals surface area contributed by atoms with Crippen molar-refractivity contribution in [3.05, 3.63) is 66.4 Å². The van der Waals surface area contributed by atoms with Crippen LogP contribution >= 0.6 is 0 Å². The molecule has 2 aromatic heterocycles. The fraction of sp³-hybridized carbons (Fsp3) is 0.455. The summed E-state index contributed by atoms with van der Waals surface area (Å²) < 4.78 is 60.2. The Morgan fingerprint density at radius 3 is 2.40 bits per heavy atom. The highest BCUT2D eigenvalue weighted by Gasteiger charge is 2.29. The minimum absolute atomic E-state index is 0.182. The zero-order chi connectivity index (χ0) is 32.5. The van der Waals surface area contributed by atoms with Crippen molar-refractivity contribution in [3.8, 4) is 16.8 Å². The number of hydrogen-bond donors (Lipinski definition) is 2. The molecule has 242 valence electrons. The number of fused-ring (bicyclic) bond motifs is 1. The van der Waals surface area contributed by atoms with E-state index in [1.807, 2.05) is 26.0 Å². The van der Waals surface area contributed by atoms with Crippen LogP contribution in [0.15, 0.2) is 49.2 Å². The van der Waals surface area contributed by atoms with Crippen molar-refractivity contribution in [1.82, 2.24) is 19.4 Å². The van der Waals surface area contributed by atoms with Crippen molar-refractivity contribution in [3.63, 3.8) is 0 Å². The fourth-order valence-electron chi connectivity index (χ4n) is 6.46. The molecule has 0 unspecified atom stereocenters. The summed E-state index contributed by atoms with van der Waals surface area (Å²) in [6.45, 7) is 9.81. The second-order valence-corrected chi connectivity index (χ2v) is 14.3. The van der Waals surface area contributed by atoms with Gasteiger partial charge in [-0.25, -0.2) is 27.2 Å². The first-order chi connectivity index (χ1) is 21.3. The number of halogens is 2. The maximum absolute atomic E-state index is 16.1. The summed E-state index contributed by atoms with van der Waals surface area (Å²) in [6.07, 6.45) is 9.32. The third kappa shape index (κ3) is 6.97. The standard InChI is InChI=1S/C33H42F2N6O3S/c1-6-16-45(43,44)38-27-9-8-26(34)32(31(27)35)41-19-25(22-17-36-21-37-18-22)30-24(7-2)28(10-11-29(30)41)39(5)23-12-14-40(15-13-23)20-33(3,4)42/h8-11,17-19,21,23,38,42H,6-7,12-16,20H2,1-5H3. The van der Waals surface area contributed by atoms with E-state index in [9.17, 15) is 13.5 Å². The number of nitrogens with one attached hydrogen (secondary N) is 1. The largest absolute Gasteiger partial charge is 0.389 e. The number of aromatic nitrogens is 3. The Bertz CT molecular complexity index is 1760. The van der Waals surface area contributed by atoms with E-state index in [-0.39, 0.29) is 23.2 Å². The summed E-state index contributed by atoms with van der Waals surface area (Å²) in [5.74, 6) is -2.01. The Morgan fingerprint density at radius 2 is 1.78 bits per heavy atom. The van der Waals surface area contributed by atoms with Gasteiger partial charge in [0.1, 0.15) is 17.8 Å². The van der Waals surface area contributed by atoms with Crippen LogP contribution in [0, 0.1) is 11.6 Å². The van der Waals surface area contributed by atoms with Crippen LogP contribution in [0.5, 0.6) is 0 Å². The van der Waals surface area contributed by atoms with Gasteiger partial charge in [0.15, 0.2) is 5.82 Å².